The van der Waals surface area contributed by atoms with Crippen molar-refractivity contribution < 1.29 is 14.0 Å². The number of piperazine rings is 1. The molecular formula is C16H20FN3O2. The number of nitrogens with one attached hydrogen (secondary N) is 2. The van der Waals surface area contributed by atoms with E-state index >= 15 is 0 Å². The van der Waals surface area contributed by atoms with Gasteiger partial charge in [-0.15, -0.1) is 0 Å². The molecule has 1 aromatic rings. The van der Waals surface area contributed by atoms with Crippen LogP contribution in [0.5, 0.6) is 0 Å². The number of benzene rings is 1. The van der Waals surface area contributed by atoms with Crippen LogP contribution >= 0.6 is 0 Å². The first-order valence-electron chi connectivity index (χ1n) is 7.73. The zero-order valence-corrected chi connectivity index (χ0v) is 12.6. The van der Waals surface area contributed by atoms with Crippen LogP contribution in [0.15, 0.2) is 12.1 Å². The minimum atomic E-state index is -0.572. The Morgan fingerprint density at radius 1 is 1.41 bits per heavy atom. The number of carbonyl (C=O) groups excluding carboxylic acids is 2. The van der Waals surface area contributed by atoms with E-state index in [1.165, 1.54) is 6.07 Å². The number of aryl methyl sites for hydroxylation is 1. The SMILES string of the molecule is CCC1CN(C(=O)c2cc3c(cc2F)NC(=O)CC3)CCN1. The van der Waals surface area contributed by atoms with Crippen molar-refractivity contribution in [2.75, 3.05) is 25.0 Å². The van der Waals surface area contributed by atoms with Crippen LogP contribution in [0.4, 0.5) is 10.1 Å². The minimum absolute atomic E-state index is 0.103. The number of hydrogen-bond acceptors (Lipinski definition) is 3. The number of hydrogen-bond donors (Lipinski definition) is 2. The molecule has 2 amide bonds. The van der Waals surface area contributed by atoms with E-state index < -0.39 is 5.82 Å². The summed E-state index contributed by atoms with van der Waals surface area (Å²) in [5.74, 6) is -0.950. The largest absolute Gasteiger partial charge is 0.336 e. The fourth-order valence-electron chi connectivity index (χ4n) is 3.02. The van der Waals surface area contributed by atoms with Gasteiger partial charge in [0, 0.05) is 37.8 Å². The first-order valence-corrected chi connectivity index (χ1v) is 7.73. The summed E-state index contributed by atoms with van der Waals surface area (Å²) in [6.45, 7) is 3.98. The Labute approximate surface area is 128 Å². The summed E-state index contributed by atoms with van der Waals surface area (Å²) in [5, 5.41) is 5.99. The Morgan fingerprint density at radius 2 is 2.23 bits per heavy atom. The van der Waals surface area contributed by atoms with Crippen LogP contribution in [-0.2, 0) is 11.2 Å². The van der Waals surface area contributed by atoms with Crippen molar-refractivity contribution in [1.82, 2.24) is 10.2 Å². The van der Waals surface area contributed by atoms with Gasteiger partial charge in [-0.25, -0.2) is 4.39 Å². The molecule has 1 saturated heterocycles. The number of nitrogens with zero attached hydrogens (tertiary/aromatic N) is 1. The van der Waals surface area contributed by atoms with E-state index in [1.807, 2.05) is 0 Å². The third kappa shape index (κ3) is 2.83. The average molecular weight is 305 g/mol. The van der Waals surface area contributed by atoms with Gasteiger partial charge in [0.25, 0.3) is 5.91 Å². The highest BCUT2D eigenvalue weighted by molar-refractivity contribution is 5.98. The lowest BCUT2D eigenvalue weighted by Gasteiger charge is -2.33. The smallest absolute Gasteiger partial charge is 0.256 e. The molecular weight excluding hydrogens is 285 g/mol. The molecule has 6 heteroatoms. The van der Waals surface area contributed by atoms with Crippen LogP contribution in [-0.4, -0.2) is 42.4 Å². The fourth-order valence-corrected chi connectivity index (χ4v) is 3.02. The summed E-state index contributed by atoms with van der Waals surface area (Å²) >= 11 is 0. The maximum atomic E-state index is 14.3. The summed E-state index contributed by atoms with van der Waals surface area (Å²) in [5.41, 5.74) is 1.41. The normalized spacial score (nSPS) is 21.3. The van der Waals surface area contributed by atoms with E-state index in [4.69, 9.17) is 0 Å². The summed E-state index contributed by atoms with van der Waals surface area (Å²) in [4.78, 5) is 25.7. The Balaban J connectivity index is 1.85. The number of rotatable bonds is 2. The van der Waals surface area contributed by atoms with Gasteiger partial charge >= 0.3 is 0 Å². The molecule has 0 radical (unpaired) electrons. The fraction of sp³-hybridized carbons (Fsp3) is 0.500. The average Bonchev–Trinajstić information content (AvgIpc) is 2.53. The Bertz CT molecular complexity index is 618. The number of carbonyl (C=O) groups is 2. The summed E-state index contributed by atoms with van der Waals surface area (Å²) in [6.07, 6.45) is 1.85. The molecule has 5 nitrogen and oxygen atoms in total. The van der Waals surface area contributed by atoms with E-state index in [9.17, 15) is 14.0 Å². The lowest BCUT2D eigenvalue weighted by molar-refractivity contribution is -0.116. The highest BCUT2D eigenvalue weighted by Gasteiger charge is 2.27. The van der Waals surface area contributed by atoms with Gasteiger partial charge in [0.15, 0.2) is 0 Å². The number of halogens is 1. The molecule has 118 valence electrons. The monoisotopic (exact) mass is 305 g/mol. The molecule has 2 heterocycles. The van der Waals surface area contributed by atoms with Crippen molar-refractivity contribution in [2.24, 2.45) is 0 Å². The topological polar surface area (TPSA) is 61.4 Å². The van der Waals surface area contributed by atoms with Crippen LogP contribution in [0.25, 0.3) is 0 Å². The van der Waals surface area contributed by atoms with Gasteiger partial charge in [-0.1, -0.05) is 6.92 Å². The van der Waals surface area contributed by atoms with E-state index in [2.05, 4.69) is 17.6 Å². The summed E-state index contributed by atoms with van der Waals surface area (Å²) in [7, 11) is 0. The molecule has 22 heavy (non-hydrogen) atoms. The third-order valence-electron chi connectivity index (χ3n) is 4.35. The van der Waals surface area contributed by atoms with Crippen LogP contribution in [0.3, 0.4) is 0 Å². The molecule has 1 fully saturated rings. The van der Waals surface area contributed by atoms with Crippen molar-refractivity contribution >= 4 is 17.5 Å². The molecule has 2 aliphatic rings. The van der Waals surface area contributed by atoms with E-state index in [1.54, 1.807) is 11.0 Å². The van der Waals surface area contributed by atoms with Crippen LogP contribution in [0.1, 0.15) is 35.7 Å². The molecule has 0 aliphatic carbocycles. The highest BCUT2D eigenvalue weighted by Crippen LogP contribution is 2.26. The second-order valence-electron chi connectivity index (χ2n) is 5.85. The first-order chi connectivity index (χ1) is 10.6. The van der Waals surface area contributed by atoms with Crippen molar-refractivity contribution in [3.05, 3.63) is 29.1 Å². The van der Waals surface area contributed by atoms with Gasteiger partial charge in [-0.2, -0.15) is 0 Å². The second kappa shape index (κ2) is 6.04. The van der Waals surface area contributed by atoms with Gasteiger partial charge in [-0.3, -0.25) is 9.59 Å². The molecule has 2 aliphatic heterocycles. The molecule has 3 rings (SSSR count). The first kappa shape index (κ1) is 15.0. The Kier molecular flexibility index (Phi) is 4.11. The third-order valence-corrected chi connectivity index (χ3v) is 4.35. The standard InChI is InChI=1S/C16H20FN3O2/c1-2-11-9-20(6-5-18-11)16(22)12-7-10-3-4-15(21)19-14(10)8-13(12)17/h7-8,11,18H,2-6,9H2,1H3,(H,19,21). The second-order valence-corrected chi connectivity index (χ2v) is 5.85. The van der Waals surface area contributed by atoms with Gasteiger partial charge in [-0.05, 0) is 30.5 Å². The van der Waals surface area contributed by atoms with Crippen molar-refractivity contribution in [3.63, 3.8) is 0 Å². The number of anilines is 1. The molecule has 1 atom stereocenters. The van der Waals surface area contributed by atoms with E-state index in [-0.39, 0.29) is 23.4 Å². The van der Waals surface area contributed by atoms with E-state index in [0.29, 0.717) is 31.6 Å². The zero-order valence-electron chi connectivity index (χ0n) is 12.6. The van der Waals surface area contributed by atoms with Gasteiger partial charge in [0.1, 0.15) is 5.82 Å². The Morgan fingerprint density at radius 3 is 3.00 bits per heavy atom. The molecule has 0 saturated carbocycles. The predicted octanol–water partition coefficient (Wildman–Crippen LogP) is 1.53. The maximum absolute atomic E-state index is 14.3. The summed E-state index contributed by atoms with van der Waals surface area (Å²) in [6, 6.07) is 3.12. The van der Waals surface area contributed by atoms with Crippen LogP contribution < -0.4 is 10.6 Å². The molecule has 1 aromatic carbocycles. The lowest BCUT2D eigenvalue weighted by Crippen LogP contribution is -2.52. The van der Waals surface area contributed by atoms with Gasteiger partial charge in [0.05, 0.1) is 5.56 Å². The number of amides is 2. The predicted molar refractivity (Wildman–Crippen MR) is 81.3 cm³/mol. The quantitative estimate of drug-likeness (QED) is 0.871. The van der Waals surface area contributed by atoms with Crippen molar-refractivity contribution in [1.29, 1.82) is 0 Å². The maximum Gasteiger partial charge on any atom is 0.256 e. The van der Waals surface area contributed by atoms with Crippen LogP contribution in [0, 0.1) is 5.82 Å². The zero-order chi connectivity index (χ0) is 15.7. The van der Waals surface area contributed by atoms with Gasteiger partial charge in [0.2, 0.25) is 5.91 Å². The lowest BCUT2D eigenvalue weighted by atomic mass is 9.99. The van der Waals surface area contributed by atoms with E-state index in [0.717, 1.165) is 18.5 Å². The highest BCUT2D eigenvalue weighted by atomic mass is 19.1. The molecule has 0 spiro atoms. The van der Waals surface area contributed by atoms with Crippen molar-refractivity contribution in [2.45, 2.75) is 32.2 Å². The Hall–Kier alpha value is -1.95. The number of fused-ring (bicyclic) bond motifs is 1. The molecule has 0 bridgehead atoms. The summed E-state index contributed by atoms with van der Waals surface area (Å²) < 4.78 is 14.3. The van der Waals surface area contributed by atoms with Gasteiger partial charge < -0.3 is 15.5 Å². The molecule has 1 unspecified atom stereocenters. The molecule has 2 N–H and O–H groups in total. The van der Waals surface area contributed by atoms with Crippen LogP contribution in [0.2, 0.25) is 0 Å². The van der Waals surface area contributed by atoms with Crippen molar-refractivity contribution in [3.8, 4) is 0 Å². The molecule has 0 aromatic heterocycles. The minimum Gasteiger partial charge on any atom is -0.336 e.